The number of alkyl halides is 1. The minimum Gasteiger partial charge on any atom is -0.207 e. The molecule has 0 aliphatic carbocycles. The number of hydrogen-bond acceptors (Lipinski definition) is 1. The molecule has 1 unspecified atom stereocenters. The largest absolute Gasteiger partial charge is 0.207 e. The molecular weight excluding hydrogens is 355 g/mol. The second kappa shape index (κ2) is 4.98. The lowest BCUT2D eigenvalue weighted by atomic mass is 10.1. The summed E-state index contributed by atoms with van der Waals surface area (Å²) in [6.45, 7) is 2.05. The number of aryl methyl sites for hydroxylation is 1. The molecule has 84 valence electrons. The third kappa shape index (κ3) is 2.39. The lowest BCUT2D eigenvalue weighted by molar-refractivity contribution is 0.612. The van der Waals surface area contributed by atoms with E-state index in [9.17, 15) is 4.39 Å². The molecule has 0 nitrogen and oxygen atoms in total. The number of thiophene rings is 1. The second-order valence-electron chi connectivity index (χ2n) is 3.45. The summed E-state index contributed by atoms with van der Waals surface area (Å²) in [6, 6.07) is 9.10. The molecule has 0 saturated carbocycles. The molecule has 1 aromatic heterocycles. The molecule has 0 bridgehead atoms. The zero-order valence-electron chi connectivity index (χ0n) is 8.51. The minimum absolute atomic E-state index is 0.0956. The van der Waals surface area contributed by atoms with Crippen molar-refractivity contribution in [1.82, 2.24) is 0 Å². The Kier molecular flexibility index (Phi) is 3.82. The molecule has 0 amide bonds. The molecule has 16 heavy (non-hydrogen) atoms. The molecule has 2 rings (SSSR count). The average Bonchev–Trinajstić information content (AvgIpc) is 2.64. The Balaban J connectivity index is 2.45. The Morgan fingerprint density at radius 1 is 1.25 bits per heavy atom. The molecular formula is C12H9Br2FS. The summed E-state index contributed by atoms with van der Waals surface area (Å²) < 4.78 is 14.5. The van der Waals surface area contributed by atoms with Crippen molar-refractivity contribution >= 4 is 43.2 Å². The van der Waals surface area contributed by atoms with Crippen LogP contribution in [0.1, 0.15) is 20.1 Å². The van der Waals surface area contributed by atoms with Crippen molar-refractivity contribution in [3.8, 4) is 0 Å². The highest BCUT2D eigenvalue weighted by molar-refractivity contribution is 9.11. The van der Waals surface area contributed by atoms with Gasteiger partial charge in [-0.1, -0.05) is 37.9 Å². The monoisotopic (exact) mass is 362 g/mol. The Labute approximate surface area is 115 Å². The predicted molar refractivity (Wildman–Crippen MR) is 73.9 cm³/mol. The second-order valence-corrected chi connectivity index (χ2v) is 6.54. The molecule has 0 N–H and O–H groups in total. The lowest BCUT2D eigenvalue weighted by Crippen LogP contribution is -1.95. The van der Waals surface area contributed by atoms with E-state index in [1.807, 2.05) is 25.1 Å². The van der Waals surface area contributed by atoms with Gasteiger partial charge < -0.3 is 0 Å². The minimum atomic E-state index is -0.192. The summed E-state index contributed by atoms with van der Waals surface area (Å²) in [6.07, 6.45) is 0. The van der Waals surface area contributed by atoms with Crippen LogP contribution in [0.15, 0.2) is 34.8 Å². The van der Waals surface area contributed by atoms with Gasteiger partial charge in [0.2, 0.25) is 0 Å². The molecule has 1 aromatic carbocycles. The summed E-state index contributed by atoms with van der Waals surface area (Å²) in [5.41, 5.74) is 0.657. The van der Waals surface area contributed by atoms with Crippen molar-refractivity contribution < 1.29 is 4.39 Å². The van der Waals surface area contributed by atoms with E-state index in [1.54, 1.807) is 17.4 Å². The third-order valence-corrected chi connectivity index (χ3v) is 5.28. The molecule has 0 aliphatic heterocycles. The van der Waals surface area contributed by atoms with Gasteiger partial charge in [0.25, 0.3) is 0 Å². The van der Waals surface area contributed by atoms with E-state index >= 15 is 0 Å². The van der Waals surface area contributed by atoms with Gasteiger partial charge in [-0.05, 0) is 31.2 Å². The van der Waals surface area contributed by atoms with Crippen molar-refractivity contribution in [1.29, 1.82) is 0 Å². The Bertz CT molecular complexity index is 487. The van der Waals surface area contributed by atoms with E-state index in [-0.39, 0.29) is 10.6 Å². The van der Waals surface area contributed by atoms with E-state index in [1.165, 1.54) is 10.9 Å². The zero-order valence-corrected chi connectivity index (χ0v) is 12.5. The Hall–Kier alpha value is -0.190. The smallest absolute Gasteiger partial charge is 0.129 e. The topological polar surface area (TPSA) is 0 Å². The van der Waals surface area contributed by atoms with Crippen LogP contribution in [0.2, 0.25) is 0 Å². The van der Waals surface area contributed by atoms with E-state index < -0.39 is 0 Å². The van der Waals surface area contributed by atoms with Crippen molar-refractivity contribution in [2.75, 3.05) is 0 Å². The summed E-state index contributed by atoms with van der Waals surface area (Å²) in [4.78, 5) is 2.25. The first-order valence-corrected chi connectivity index (χ1v) is 7.26. The van der Waals surface area contributed by atoms with Gasteiger partial charge in [0.05, 0.1) is 4.83 Å². The number of halogens is 3. The highest BCUT2D eigenvalue weighted by Crippen LogP contribution is 2.39. The summed E-state index contributed by atoms with van der Waals surface area (Å²) in [5, 5.41) is 0. The normalized spacial score (nSPS) is 12.8. The lowest BCUT2D eigenvalue weighted by Gasteiger charge is -2.11. The van der Waals surface area contributed by atoms with Crippen LogP contribution < -0.4 is 0 Å². The fraction of sp³-hybridized carbons (Fsp3) is 0.167. The first-order valence-electron chi connectivity index (χ1n) is 4.74. The standard InChI is InChI=1S/C12H9Br2FS/c1-7-5-6-10(16-7)12(14)11-8(13)3-2-4-9(11)15/h2-6,12H,1H3. The molecule has 1 atom stereocenters. The van der Waals surface area contributed by atoms with Gasteiger partial charge in [-0.15, -0.1) is 11.3 Å². The highest BCUT2D eigenvalue weighted by Gasteiger charge is 2.18. The Morgan fingerprint density at radius 2 is 2.00 bits per heavy atom. The summed E-state index contributed by atoms with van der Waals surface area (Å²) in [5.74, 6) is -0.192. The van der Waals surface area contributed by atoms with Gasteiger partial charge in [0.1, 0.15) is 5.82 Å². The van der Waals surface area contributed by atoms with Gasteiger partial charge in [0, 0.05) is 19.8 Å². The van der Waals surface area contributed by atoms with Gasteiger partial charge >= 0.3 is 0 Å². The van der Waals surface area contributed by atoms with Crippen LogP contribution in [0, 0.1) is 12.7 Å². The fourth-order valence-corrected chi connectivity index (χ4v) is 4.13. The molecule has 0 radical (unpaired) electrons. The van der Waals surface area contributed by atoms with Crippen LogP contribution in [0.4, 0.5) is 4.39 Å². The number of benzene rings is 1. The van der Waals surface area contributed by atoms with Crippen LogP contribution >= 0.6 is 43.2 Å². The first-order chi connectivity index (χ1) is 7.59. The highest BCUT2D eigenvalue weighted by atomic mass is 79.9. The van der Waals surface area contributed by atoms with Crippen LogP contribution in [0.5, 0.6) is 0 Å². The van der Waals surface area contributed by atoms with Gasteiger partial charge in [-0.3, -0.25) is 0 Å². The maximum absolute atomic E-state index is 13.7. The van der Waals surface area contributed by atoms with Gasteiger partial charge in [-0.2, -0.15) is 0 Å². The third-order valence-electron chi connectivity index (χ3n) is 2.26. The molecule has 0 aliphatic rings. The summed E-state index contributed by atoms with van der Waals surface area (Å²) >= 11 is 8.61. The SMILES string of the molecule is Cc1ccc(C(Br)c2c(F)cccc2Br)s1. The van der Waals surface area contributed by atoms with Crippen LogP contribution in [0.25, 0.3) is 0 Å². The molecule has 0 saturated heterocycles. The summed E-state index contributed by atoms with van der Waals surface area (Å²) in [7, 11) is 0. The molecule has 1 heterocycles. The van der Waals surface area contributed by atoms with E-state index in [2.05, 4.69) is 31.9 Å². The van der Waals surface area contributed by atoms with Gasteiger partial charge in [-0.25, -0.2) is 4.39 Å². The van der Waals surface area contributed by atoms with Crippen LogP contribution in [0.3, 0.4) is 0 Å². The van der Waals surface area contributed by atoms with E-state index in [4.69, 9.17) is 0 Å². The van der Waals surface area contributed by atoms with Crippen molar-refractivity contribution in [3.63, 3.8) is 0 Å². The van der Waals surface area contributed by atoms with Crippen molar-refractivity contribution in [2.45, 2.75) is 11.8 Å². The zero-order chi connectivity index (χ0) is 11.7. The molecule has 0 fully saturated rings. The van der Waals surface area contributed by atoms with E-state index in [0.29, 0.717) is 5.56 Å². The van der Waals surface area contributed by atoms with Crippen LogP contribution in [-0.4, -0.2) is 0 Å². The molecule has 0 spiro atoms. The van der Waals surface area contributed by atoms with E-state index in [0.717, 1.165) is 9.35 Å². The number of hydrogen-bond donors (Lipinski definition) is 0. The van der Waals surface area contributed by atoms with Crippen LogP contribution in [-0.2, 0) is 0 Å². The van der Waals surface area contributed by atoms with Gasteiger partial charge in [0.15, 0.2) is 0 Å². The average molecular weight is 364 g/mol. The fourth-order valence-electron chi connectivity index (χ4n) is 1.48. The number of rotatable bonds is 2. The predicted octanol–water partition coefficient (Wildman–Crippen LogP) is 5.44. The maximum atomic E-state index is 13.7. The molecule has 4 heteroatoms. The quantitative estimate of drug-likeness (QED) is 0.623. The first kappa shape index (κ1) is 12.3. The van der Waals surface area contributed by atoms with Crippen molar-refractivity contribution in [3.05, 3.63) is 55.9 Å². The maximum Gasteiger partial charge on any atom is 0.129 e. The van der Waals surface area contributed by atoms with Crippen molar-refractivity contribution in [2.24, 2.45) is 0 Å². The Morgan fingerprint density at radius 3 is 2.56 bits per heavy atom. The molecule has 2 aromatic rings.